The van der Waals surface area contributed by atoms with E-state index >= 15 is 0 Å². The first-order chi connectivity index (χ1) is 16.4. The second kappa shape index (κ2) is 10.4. The van der Waals surface area contributed by atoms with Crippen molar-refractivity contribution >= 4 is 29.3 Å². The van der Waals surface area contributed by atoms with E-state index in [2.05, 4.69) is 27.8 Å². The normalized spacial score (nSPS) is 10.8. The van der Waals surface area contributed by atoms with Crippen LogP contribution in [0, 0.1) is 20.8 Å². The van der Waals surface area contributed by atoms with E-state index < -0.39 is 0 Å². The molecule has 0 radical (unpaired) electrons. The van der Waals surface area contributed by atoms with Gasteiger partial charge in [0.2, 0.25) is 5.91 Å². The lowest BCUT2D eigenvalue weighted by molar-refractivity contribution is -0.113. The highest BCUT2D eigenvalue weighted by molar-refractivity contribution is 7.99. The molecule has 0 fully saturated rings. The van der Waals surface area contributed by atoms with Crippen LogP contribution in [0.4, 0.5) is 5.69 Å². The third-order valence-corrected chi connectivity index (χ3v) is 6.24. The number of hydrogen-bond donors (Lipinski definition) is 2. The SMILES string of the molecule is Cc1cc(C)c(NC(=O)CSc2nccn2-c2cccc(C(=O)NCc3ccco3)c2)c(C)c1. The minimum atomic E-state index is -0.198. The molecule has 0 bridgehead atoms. The highest BCUT2D eigenvalue weighted by atomic mass is 32.2. The standard InChI is InChI=1S/C26H26N4O3S/c1-17-12-18(2)24(19(3)13-17)29-23(31)16-34-26-27-9-10-30(26)21-7-4-6-20(14-21)25(32)28-15-22-8-5-11-33-22/h4-14H,15-16H2,1-3H3,(H,28,32)(H,29,31). The van der Waals surface area contributed by atoms with Crippen LogP contribution in [0.3, 0.4) is 0 Å². The largest absolute Gasteiger partial charge is 0.467 e. The molecule has 0 saturated carbocycles. The number of furan rings is 1. The quantitative estimate of drug-likeness (QED) is 0.349. The molecule has 2 aromatic carbocycles. The summed E-state index contributed by atoms with van der Waals surface area (Å²) in [5.74, 6) is 0.608. The lowest BCUT2D eigenvalue weighted by atomic mass is 10.1. The zero-order chi connectivity index (χ0) is 24.1. The van der Waals surface area contributed by atoms with E-state index in [9.17, 15) is 9.59 Å². The fraction of sp³-hybridized carbons (Fsp3) is 0.192. The number of nitrogens with one attached hydrogen (secondary N) is 2. The lowest BCUT2D eigenvalue weighted by Gasteiger charge is -2.13. The van der Waals surface area contributed by atoms with Crippen LogP contribution in [0.5, 0.6) is 0 Å². The summed E-state index contributed by atoms with van der Waals surface area (Å²) in [4.78, 5) is 29.6. The van der Waals surface area contributed by atoms with Gasteiger partial charge < -0.3 is 15.1 Å². The van der Waals surface area contributed by atoms with Crippen LogP contribution in [0.2, 0.25) is 0 Å². The van der Waals surface area contributed by atoms with Gasteiger partial charge in [-0.15, -0.1) is 0 Å². The van der Waals surface area contributed by atoms with Crippen LogP contribution in [-0.2, 0) is 11.3 Å². The Labute approximate surface area is 202 Å². The number of hydrogen-bond acceptors (Lipinski definition) is 5. The van der Waals surface area contributed by atoms with Crippen molar-refractivity contribution in [2.45, 2.75) is 32.5 Å². The van der Waals surface area contributed by atoms with Gasteiger partial charge in [-0.2, -0.15) is 0 Å². The molecule has 174 valence electrons. The number of rotatable bonds is 8. The van der Waals surface area contributed by atoms with E-state index in [4.69, 9.17) is 4.42 Å². The predicted molar refractivity (Wildman–Crippen MR) is 133 cm³/mol. The topological polar surface area (TPSA) is 89.2 Å². The minimum Gasteiger partial charge on any atom is -0.467 e. The summed E-state index contributed by atoms with van der Waals surface area (Å²) in [5, 5.41) is 6.54. The summed E-state index contributed by atoms with van der Waals surface area (Å²) in [6, 6.07) is 15.0. The number of nitrogens with zero attached hydrogens (tertiary/aromatic N) is 2. The van der Waals surface area contributed by atoms with Crippen molar-refractivity contribution in [2.24, 2.45) is 0 Å². The van der Waals surface area contributed by atoms with Crippen LogP contribution < -0.4 is 10.6 Å². The molecule has 0 saturated heterocycles. The van der Waals surface area contributed by atoms with Crippen LogP contribution in [0.15, 0.2) is 76.8 Å². The van der Waals surface area contributed by atoms with Crippen LogP contribution in [-0.4, -0.2) is 27.1 Å². The van der Waals surface area contributed by atoms with Crippen molar-refractivity contribution in [3.63, 3.8) is 0 Å². The van der Waals surface area contributed by atoms with Crippen molar-refractivity contribution in [3.8, 4) is 5.69 Å². The van der Waals surface area contributed by atoms with Crippen LogP contribution >= 0.6 is 11.8 Å². The number of anilines is 1. The molecule has 0 atom stereocenters. The second-order valence-corrected chi connectivity index (χ2v) is 8.95. The van der Waals surface area contributed by atoms with Gasteiger partial charge in [0.05, 0.1) is 18.6 Å². The van der Waals surface area contributed by atoms with E-state index in [1.54, 1.807) is 30.7 Å². The molecule has 2 aromatic heterocycles. The molecule has 2 N–H and O–H groups in total. The molecule has 4 aromatic rings. The van der Waals surface area contributed by atoms with E-state index in [1.165, 1.54) is 17.3 Å². The van der Waals surface area contributed by atoms with E-state index in [0.29, 0.717) is 23.0 Å². The molecule has 7 nitrogen and oxygen atoms in total. The number of aromatic nitrogens is 2. The molecule has 34 heavy (non-hydrogen) atoms. The van der Waals surface area contributed by atoms with Crippen LogP contribution in [0.1, 0.15) is 32.8 Å². The monoisotopic (exact) mass is 474 g/mol. The highest BCUT2D eigenvalue weighted by Gasteiger charge is 2.13. The van der Waals surface area contributed by atoms with Crippen molar-refractivity contribution in [3.05, 3.63) is 95.2 Å². The first-order valence-electron chi connectivity index (χ1n) is 10.9. The Morgan fingerprint density at radius 2 is 1.85 bits per heavy atom. The maximum absolute atomic E-state index is 12.6. The number of benzene rings is 2. The van der Waals surface area contributed by atoms with Crippen molar-refractivity contribution in [2.75, 3.05) is 11.1 Å². The second-order valence-electron chi connectivity index (χ2n) is 8.00. The average Bonchev–Trinajstić information content (AvgIpc) is 3.50. The summed E-state index contributed by atoms with van der Waals surface area (Å²) < 4.78 is 7.12. The molecule has 2 heterocycles. The van der Waals surface area contributed by atoms with Gasteiger partial charge in [-0.05, 0) is 62.2 Å². The van der Waals surface area contributed by atoms with Gasteiger partial charge in [0.15, 0.2) is 5.16 Å². The molecule has 4 rings (SSSR count). The molecule has 0 aliphatic heterocycles. The number of aryl methyl sites for hydroxylation is 3. The molecule has 0 aliphatic carbocycles. The first kappa shape index (κ1) is 23.4. The Hall–Kier alpha value is -3.78. The van der Waals surface area contributed by atoms with Crippen molar-refractivity contribution in [1.29, 1.82) is 0 Å². The molecular formula is C26H26N4O3S. The summed E-state index contributed by atoms with van der Waals surface area (Å²) in [6.45, 7) is 6.34. The Bertz CT molecular complexity index is 1290. The minimum absolute atomic E-state index is 0.0966. The Kier molecular flexibility index (Phi) is 7.18. The van der Waals surface area contributed by atoms with Gasteiger partial charge in [-0.25, -0.2) is 4.98 Å². The van der Waals surface area contributed by atoms with Gasteiger partial charge in [0.1, 0.15) is 5.76 Å². The third-order valence-electron chi connectivity index (χ3n) is 5.27. The summed E-state index contributed by atoms with van der Waals surface area (Å²) in [6.07, 6.45) is 5.07. The highest BCUT2D eigenvalue weighted by Crippen LogP contribution is 2.24. The van der Waals surface area contributed by atoms with Crippen molar-refractivity contribution in [1.82, 2.24) is 14.9 Å². The summed E-state index contributed by atoms with van der Waals surface area (Å²) in [7, 11) is 0. The molecule has 2 amide bonds. The fourth-order valence-electron chi connectivity index (χ4n) is 3.76. The number of imidazole rings is 1. The van der Waals surface area contributed by atoms with Gasteiger partial charge in [0.25, 0.3) is 5.91 Å². The molecule has 0 unspecified atom stereocenters. The maximum Gasteiger partial charge on any atom is 0.251 e. The Balaban J connectivity index is 1.41. The number of carbonyl (C=O) groups excluding carboxylic acids is 2. The third kappa shape index (κ3) is 5.58. The number of thioether (sulfide) groups is 1. The van der Waals surface area contributed by atoms with E-state index in [1.807, 2.05) is 49.7 Å². The average molecular weight is 475 g/mol. The molecule has 0 aliphatic rings. The maximum atomic E-state index is 12.6. The Morgan fingerprint density at radius 1 is 1.06 bits per heavy atom. The van der Waals surface area contributed by atoms with Crippen LogP contribution in [0.25, 0.3) is 5.69 Å². The summed E-state index contributed by atoms with van der Waals surface area (Å²) >= 11 is 1.34. The summed E-state index contributed by atoms with van der Waals surface area (Å²) in [5.41, 5.74) is 5.42. The molecule has 8 heteroatoms. The Morgan fingerprint density at radius 3 is 2.59 bits per heavy atom. The van der Waals surface area contributed by atoms with E-state index in [0.717, 1.165) is 22.5 Å². The predicted octanol–water partition coefficient (Wildman–Crippen LogP) is 5.05. The smallest absolute Gasteiger partial charge is 0.251 e. The van der Waals surface area contributed by atoms with Gasteiger partial charge in [0, 0.05) is 29.3 Å². The lowest BCUT2D eigenvalue weighted by Crippen LogP contribution is -2.22. The molecular weight excluding hydrogens is 448 g/mol. The number of carbonyl (C=O) groups is 2. The van der Waals surface area contributed by atoms with Gasteiger partial charge in [-0.3, -0.25) is 14.2 Å². The fourth-order valence-corrected chi connectivity index (χ4v) is 4.53. The first-order valence-corrected chi connectivity index (χ1v) is 11.8. The van der Waals surface area contributed by atoms with E-state index in [-0.39, 0.29) is 17.6 Å². The van der Waals surface area contributed by atoms with Crippen molar-refractivity contribution < 1.29 is 14.0 Å². The zero-order valence-electron chi connectivity index (χ0n) is 19.3. The van der Waals surface area contributed by atoms with Gasteiger partial charge in [-0.1, -0.05) is 35.5 Å². The van der Waals surface area contributed by atoms with Gasteiger partial charge >= 0.3 is 0 Å². The number of amides is 2. The zero-order valence-corrected chi connectivity index (χ0v) is 20.1. The molecule has 0 spiro atoms.